The van der Waals surface area contributed by atoms with E-state index in [1.54, 1.807) is 6.07 Å². The molecule has 2 N–H and O–H groups in total. The molecule has 6 nitrogen and oxygen atoms in total. The van der Waals surface area contributed by atoms with Gasteiger partial charge in [-0.2, -0.15) is 5.26 Å². The highest BCUT2D eigenvalue weighted by Gasteiger charge is 2.26. The molecule has 0 aliphatic rings. The van der Waals surface area contributed by atoms with E-state index in [0.29, 0.717) is 5.02 Å². The van der Waals surface area contributed by atoms with Gasteiger partial charge in [0.15, 0.2) is 11.7 Å². The van der Waals surface area contributed by atoms with Crippen LogP contribution in [0.1, 0.15) is 13.3 Å². The number of nitriles is 1. The molecule has 1 aromatic rings. The number of rotatable bonds is 6. The van der Waals surface area contributed by atoms with Gasteiger partial charge in [0.1, 0.15) is 0 Å². The van der Waals surface area contributed by atoms with Crippen molar-refractivity contribution >= 4 is 46.5 Å². The van der Waals surface area contributed by atoms with E-state index in [-0.39, 0.29) is 29.6 Å². The number of carbonyl (C=O) groups excluding carboxylic acids is 3. The van der Waals surface area contributed by atoms with Crippen molar-refractivity contribution in [1.29, 1.82) is 5.26 Å². The van der Waals surface area contributed by atoms with E-state index in [1.807, 2.05) is 0 Å². The largest absolute Gasteiger partial charge is 0.356 e. The topological polar surface area (TPSA) is 99.1 Å². The van der Waals surface area contributed by atoms with E-state index in [0.717, 1.165) is 0 Å². The van der Waals surface area contributed by atoms with Crippen LogP contribution in [0.4, 0.5) is 5.69 Å². The Morgan fingerprint density at radius 1 is 1.32 bits per heavy atom. The van der Waals surface area contributed by atoms with Crippen LogP contribution in [0.5, 0.6) is 0 Å². The summed E-state index contributed by atoms with van der Waals surface area (Å²) in [4.78, 5) is 34.5. The Bertz CT molecular complexity index is 641. The quantitative estimate of drug-likeness (QED) is 0.774. The van der Waals surface area contributed by atoms with Gasteiger partial charge in [0, 0.05) is 24.9 Å². The number of halogens is 2. The number of amides is 2. The molecule has 0 heterocycles. The van der Waals surface area contributed by atoms with Gasteiger partial charge < -0.3 is 10.6 Å². The van der Waals surface area contributed by atoms with Gasteiger partial charge in [0.2, 0.25) is 11.8 Å². The highest BCUT2D eigenvalue weighted by atomic mass is 35.5. The average Bonchev–Trinajstić information content (AvgIpc) is 2.42. The molecule has 0 bridgehead atoms. The van der Waals surface area contributed by atoms with E-state index in [2.05, 4.69) is 10.6 Å². The number of carbonyl (C=O) groups is 3. The normalized spacial score (nSPS) is 11.2. The molecule has 1 aromatic carbocycles. The summed E-state index contributed by atoms with van der Waals surface area (Å²) in [6.45, 7) is 1.38. The zero-order chi connectivity index (χ0) is 16.7. The Morgan fingerprint density at radius 2 is 2.00 bits per heavy atom. The third-order valence-electron chi connectivity index (χ3n) is 2.65. The minimum absolute atomic E-state index is 0.0708. The second kappa shape index (κ2) is 8.37. The lowest BCUT2D eigenvalue weighted by atomic mass is 10.0. The Labute approximate surface area is 137 Å². The molecule has 0 saturated carbocycles. The summed E-state index contributed by atoms with van der Waals surface area (Å²) in [5.41, 5.74) is 0.256. The van der Waals surface area contributed by atoms with Crippen molar-refractivity contribution in [2.45, 2.75) is 13.3 Å². The fraction of sp³-hybridized carbons (Fsp3) is 0.286. The summed E-state index contributed by atoms with van der Waals surface area (Å²) in [5, 5.41) is 14.4. The van der Waals surface area contributed by atoms with E-state index < -0.39 is 17.6 Å². The molecule has 0 aliphatic carbocycles. The lowest BCUT2D eigenvalue weighted by Crippen LogP contribution is -2.31. The Morgan fingerprint density at radius 3 is 2.55 bits per heavy atom. The number of hydrogen-bond donors (Lipinski definition) is 2. The highest BCUT2D eigenvalue weighted by Crippen LogP contribution is 2.25. The minimum atomic E-state index is -1.47. The molecule has 116 valence electrons. The summed E-state index contributed by atoms with van der Waals surface area (Å²) < 4.78 is 0. The van der Waals surface area contributed by atoms with Crippen LogP contribution in [0.25, 0.3) is 0 Å². The van der Waals surface area contributed by atoms with Crippen LogP contribution in [0.2, 0.25) is 10.0 Å². The van der Waals surface area contributed by atoms with Crippen LogP contribution in [0, 0.1) is 17.2 Å². The molecule has 0 spiro atoms. The Hall–Kier alpha value is -2.10. The fourth-order valence-electron chi connectivity index (χ4n) is 1.58. The van der Waals surface area contributed by atoms with Crippen molar-refractivity contribution in [2.75, 3.05) is 11.9 Å². The molecular formula is C14H13Cl2N3O3. The number of benzene rings is 1. The zero-order valence-electron chi connectivity index (χ0n) is 11.7. The number of nitrogens with one attached hydrogen (secondary N) is 2. The maximum absolute atomic E-state index is 12.0. The molecule has 1 rings (SSSR count). The van der Waals surface area contributed by atoms with Gasteiger partial charge in [-0.15, -0.1) is 0 Å². The molecule has 0 aliphatic heterocycles. The molecule has 1 atom stereocenters. The lowest BCUT2D eigenvalue weighted by molar-refractivity contribution is -0.128. The van der Waals surface area contributed by atoms with E-state index in [9.17, 15) is 14.4 Å². The third-order valence-corrected chi connectivity index (χ3v) is 3.20. The summed E-state index contributed by atoms with van der Waals surface area (Å²) in [6.07, 6.45) is -0.112. The first-order valence-corrected chi connectivity index (χ1v) is 7.03. The predicted octanol–water partition coefficient (Wildman–Crippen LogP) is 2.17. The van der Waals surface area contributed by atoms with Crippen molar-refractivity contribution < 1.29 is 14.4 Å². The van der Waals surface area contributed by atoms with Crippen LogP contribution in [0.3, 0.4) is 0 Å². The number of Topliss-reactive ketones (excluding diaryl/α,β-unsaturated/α-hetero) is 1. The maximum Gasteiger partial charge on any atom is 0.249 e. The third kappa shape index (κ3) is 5.35. The summed E-state index contributed by atoms with van der Waals surface area (Å²) in [7, 11) is 0. The first kappa shape index (κ1) is 18.0. The minimum Gasteiger partial charge on any atom is -0.356 e. The molecular weight excluding hydrogens is 329 g/mol. The van der Waals surface area contributed by atoms with E-state index >= 15 is 0 Å². The highest BCUT2D eigenvalue weighted by molar-refractivity contribution is 6.36. The molecule has 0 saturated heterocycles. The zero-order valence-corrected chi connectivity index (χ0v) is 13.2. The molecule has 0 aromatic heterocycles. The van der Waals surface area contributed by atoms with Crippen LogP contribution in [0.15, 0.2) is 18.2 Å². The second-order valence-electron chi connectivity index (χ2n) is 4.37. The number of nitrogens with zero attached hydrogens (tertiary/aromatic N) is 1. The summed E-state index contributed by atoms with van der Waals surface area (Å²) >= 11 is 11.6. The number of ketones is 1. The van der Waals surface area contributed by atoms with E-state index in [4.69, 9.17) is 28.5 Å². The fourth-order valence-corrected chi connectivity index (χ4v) is 2.03. The van der Waals surface area contributed by atoms with Crippen molar-refractivity contribution in [3.05, 3.63) is 28.2 Å². The van der Waals surface area contributed by atoms with Crippen molar-refractivity contribution in [2.24, 2.45) is 5.92 Å². The van der Waals surface area contributed by atoms with Gasteiger partial charge in [-0.3, -0.25) is 14.4 Å². The lowest BCUT2D eigenvalue weighted by Gasteiger charge is -2.11. The van der Waals surface area contributed by atoms with E-state index in [1.165, 1.54) is 25.1 Å². The molecule has 22 heavy (non-hydrogen) atoms. The summed E-state index contributed by atoms with van der Waals surface area (Å²) in [5.74, 6) is -3.13. The van der Waals surface area contributed by atoms with Crippen molar-refractivity contribution in [1.82, 2.24) is 5.32 Å². The molecule has 8 heteroatoms. The number of anilines is 1. The molecule has 0 fully saturated rings. The first-order valence-electron chi connectivity index (χ1n) is 6.28. The molecule has 0 radical (unpaired) electrons. The second-order valence-corrected chi connectivity index (χ2v) is 5.22. The van der Waals surface area contributed by atoms with Crippen LogP contribution < -0.4 is 10.6 Å². The summed E-state index contributed by atoms with van der Waals surface area (Å²) in [6, 6.07) is 6.06. The van der Waals surface area contributed by atoms with Gasteiger partial charge in [-0.1, -0.05) is 23.2 Å². The van der Waals surface area contributed by atoms with Gasteiger partial charge in [-0.25, -0.2) is 0 Å². The van der Waals surface area contributed by atoms with Gasteiger partial charge in [0.05, 0.1) is 16.8 Å². The van der Waals surface area contributed by atoms with Gasteiger partial charge in [0.25, 0.3) is 0 Å². The van der Waals surface area contributed by atoms with Gasteiger partial charge >= 0.3 is 0 Å². The van der Waals surface area contributed by atoms with Crippen LogP contribution >= 0.6 is 23.2 Å². The Kier molecular flexibility index (Phi) is 6.83. The van der Waals surface area contributed by atoms with Crippen LogP contribution in [-0.4, -0.2) is 24.1 Å². The monoisotopic (exact) mass is 341 g/mol. The molecule has 2 amide bonds. The SMILES string of the molecule is CC(=O)NCCC(=O)C(C#N)C(=O)Nc1ccc(Cl)cc1Cl. The van der Waals surface area contributed by atoms with Crippen molar-refractivity contribution in [3.63, 3.8) is 0 Å². The average molecular weight is 342 g/mol. The van der Waals surface area contributed by atoms with Crippen LogP contribution in [-0.2, 0) is 14.4 Å². The predicted molar refractivity (Wildman–Crippen MR) is 82.5 cm³/mol. The number of hydrogen-bond acceptors (Lipinski definition) is 4. The molecule has 1 unspecified atom stereocenters. The Balaban J connectivity index is 2.70. The van der Waals surface area contributed by atoms with Gasteiger partial charge in [-0.05, 0) is 18.2 Å². The standard InChI is InChI=1S/C14H13Cl2N3O3/c1-8(20)18-5-4-13(21)10(7-17)14(22)19-12-3-2-9(15)6-11(12)16/h2-3,6,10H,4-5H2,1H3,(H,18,20)(H,19,22). The first-order chi connectivity index (χ1) is 10.3. The smallest absolute Gasteiger partial charge is 0.249 e. The maximum atomic E-state index is 12.0. The van der Waals surface area contributed by atoms with Crippen molar-refractivity contribution in [3.8, 4) is 6.07 Å².